The topological polar surface area (TPSA) is 76.8 Å². The van der Waals surface area contributed by atoms with Crippen molar-refractivity contribution >= 4 is 24.0 Å². The van der Waals surface area contributed by atoms with E-state index in [4.69, 9.17) is 10.8 Å². The van der Waals surface area contributed by atoms with Crippen molar-refractivity contribution in [1.82, 2.24) is 0 Å². The summed E-state index contributed by atoms with van der Waals surface area (Å²) in [5.41, 5.74) is 3.74. The summed E-state index contributed by atoms with van der Waals surface area (Å²) in [6.45, 7) is 1.92. The number of benzene rings is 2. The molecule has 0 aliphatic heterocycles. The molecular weight excluding hydrogens is 286 g/mol. The van der Waals surface area contributed by atoms with E-state index >= 15 is 0 Å². The van der Waals surface area contributed by atoms with Gasteiger partial charge in [0.2, 0.25) is 5.91 Å². The lowest BCUT2D eigenvalue weighted by Gasteiger charge is -2.12. The molecule has 0 bridgehead atoms. The number of hydrogen-bond acceptors (Lipinski definition) is 3. The number of rotatable bonds is 7. The van der Waals surface area contributed by atoms with Crippen molar-refractivity contribution in [3.63, 3.8) is 0 Å². The maximum absolute atomic E-state index is 12.1. The van der Waals surface area contributed by atoms with Crippen LogP contribution < -0.4 is 5.32 Å². The van der Waals surface area contributed by atoms with Crippen molar-refractivity contribution in [2.45, 2.75) is 25.7 Å². The van der Waals surface area contributed by atoms with Crippen LogP contribution in [0, 0.1) is 17.7 Å². The van der Waals surface area contributed by atoms with Crippen LogP contribution in [0.2, 0.25) is 0 Å². The highest BCUT2D eigenvalue weighted by Crippen LogP contribution is 2.21. The average Bonchev–Trinajstić information content (AvgIpc) is 2.57. The van der Waals surface area contributed by atoms with Gasteiger partial charge in [0.1, 0.15) is 0 Å². The van der Waals surface area contributed by atoms with Crippen LogP contribution in [0.25, 0.3) is 0 Å². The minimum Gasteiger partial charge on any atom is -0.326 e. The third-order valence-corrected chi connectivity index (χ3v) is 3.75. The molecule has 0 radical (unpaired) electrons. The van der Waals surface area contributed by atoms with E-state index in [1.807, 2.05) is 55.5 Å². The highest BCUT2D eigenvalue weighted by atomic mass is 16.1. The van der Waals surface area contributed by atoms with Crippen LogP contribution in [-0.2, 0) is 11.2 Å². The lowest BCUT2D eigenvalue weighted by Crippen LogP contribution is -2.13. The first-order chi connectivity index (χ1) is 11.1. The highest BCUT2D eigenvalue weighted by Gasteiger charge is 2.09. The number of anilines is 1. The number of hydrogen-bond donors (Lipinski definition) is 3. The summed E-state index contributed by atoms with van der Waals surface area (Å²) in [6, 6.07) is 15.5. The van der Waals surface area contributed by atoms with Crippen molar-refractivity contribution in [1.29, 1.82) is 10.8 Å². The van der Waals surface area contributed by atoms with Gasteiger partial charge < -0.3 is 16.1 Å². The molecule has 118 valence electrons. The zero-order valence-corrected chi connectivity index (χ0v) is 13.2. The lowest BCUT2D eigenvalue weighted by atomic mass is 9.99. The molecule has 4 heteroatoms. The molecule has 0 aliphatic rings. The predicted octanol–water partition coefficient (Wildman–Crippen LogP) is 3.95. The third kappa shape index (κ3) is 4.61. The van der Waals surface area contributed by atoms with Crippen molar-refractivity contribution in [3.8, 4) is 0 Å². The molecule has 0 fully saturated rings. The van der Waals surface area contributed by atoms with E-state index < -0.39 is 0 Å². The number of carbonyl (C=O) groups is 1. The summed E-state index contributed by atoms with van der Waals surface area (Å²) in [5.74, 6) is -0.322. The Bertz CT molecular complexity index is 687. The van der Waals surface area contributed by atoms with Crippen LogP contribution in [0.3, 0.4) is 0 Å². The molecule has 2 aromatic rings. The van der Waals surface area contributed by atoms with Gasteiger partial charge in [0.15, 0.2) is 0 Å². The Morgan fingerprint density at radius 2 is 1.83 bits per heavy atom. The molecule has 2 aromatic carbocycles. The first kappa shape index (κ1) is 16.6. The minimum atomic E-state index is -0.309. The van der Waals surface area contributed by atoms with E-state index in [9.17, 15) is 4.79 Å². The van der Waals surface area contributed by atoms with Crippen molar-refractivity contribution < 1.29 is 4.79 Å². The van der Waals surface area contributed by atoms with Gasteiger partial charge in [0.25, 0.3) is 0 Å². The summed E-state index contributed by atoms with van der Waals surface area (Å²) in [4.78, 5) is 12.1. The lowest BCUT2D eigenvalue weighted by molar-refractivity contribution is -0.116. The molecular formula is C19H21N3O. The molecule has 3 N–H and O–H groups in total. The summed E-state index contributed by atoms with van der Waals surface area (Å²) in [5, 5.41) is 17.6. The van der Waals surface area contributed by atoms with Gasteiger partial charge in [-0.15, -0.1) is 0 Å². The van der Waals surface area contributed by atoms with Crippen LogP contribution >= 0.6 is 0 Å². The van der Waals surface area contributed by atoms with Crippen LogP contribution in [0.4, 0.5) is 5.69 Å². The molecule has 0 spiro atoms. The number of aryl methyl sites for hydroxylation is 2. The zero-order chi connectivity index (χ0) is 16.7. The van der Waals surface area contributed by atoms with E-state index in [1.54, 1.807) is 0 Å². The van der Waals surface area contributed by atoms with Gasteiger partial charge >= 0.3 is 0 Å². The molecule has 1 amide bonds. The molecule has 0 saturated carbocycles. The Hall–Kier alpha value is -2.75. The summed E-state index contributed by atoms with van der Waals surface area (Å²) in [7, 11) is 0. The maximum Gasteiger partial charge on any atom is 0.224 e. The summed E-state index contributed by atoms with van der Waals surface area (Å²) >= 11 is 0. The van der Waals surface area contributed by atoms with Crippen LogP contribution in [-0.4, -0.2) is 18.3 Å². The van der Waals surface area contributed by atoms with E-state index in [-0.39, 0.29) is 11.8 Å². The fraction of sp³-hybridized carbons (Fsp3) is 0.211. The summed E-state index contributed by atoms with van der Waals surface area (Å²) < 4.78 is 0. The number of carbonyl (C=O) groups excluding carboxylic acids is 1. The Labute approximate surface area is 136 Å². The zero-order valence-electron chi connectivity index (χ0n) is 13.2. The van der Waals surface area contributed by atoms with Crippen molar-refractivity contribution in [3.05, 3.63) is 65.2 Å². The SMILES string of the molecule is Cc1cc(C(C=N)C=N)ccc1NC(=O)CCc1ccccc1. The summed E-state index contributed by atoms with van der Waals surface area (Å²) in [6.07, 6.45) is 3.63. The van der Waals surface area contributed by atoms with Crippen LogP contribution in [0.1, 0.15) is 29.0 Å². The maximum atomic E-state index is 12.1. The quantitative estimate of drug-likeness (QED) is 0.665. The molecule has 0 aliphatic carbocycles. The second-order valence-electron chi connectivity index (χ2n) is 5.47. The molecule has 0 saturated heterocycles. The standard InChI is InChI=1S/C19H21N3O/c1-14-11-16(17(12-20)13-21)8-9-18(14)22-19(23)10-7-15-5-3-2-4-6-15/h2-6,8-9,11-13,17,20-21H,7,10H2,1H3,(H,22,23). The Balaban J connectivity index is 1.98. The molecule has 4 nitrogen and oxygen atoms in total. The first-order valence-electron chi connectivity index (χ1n) is 7.59. The van der Waals surface area contributed by atoms with Crippen LogP contribution in [0.15, 0.2) is 48.5 Å². The molecule has 0 heterocycles. The third-order valence-electron chi connectivity index (χ3n) is 3.75. The van der Waals surface area contributed by atoms with Crippen LogP contribution in [0.5, 0.6) is 0 Å². The molecule has 2 rings (SSSR count). The second-order valence-corrected chi connectivity index (χ2v) is 5.47. The molecule has 23 heavy (non-hydrogen) atoms. The normalized spacial score (nSPS) is 11.5. The molecule has 0 aromatic heterocycles. The first-order valence-corrected chi connectivity index (χ1v) is 7.59. The van der Waals surface area contributed by atoms with Gasteiger partial charge in [0.05, 0.1) is 5.92 Å². The fourth-order valence-electron chi connectivity index (χ4n) is 2.39. The number of amides is 1. The minimum absolute atomic E-state index is 0.0136. The van der Waals surface area contributed by atoms with Gasteiger partial charge in [0, 0.05) is 24.5 Å². The highest BCUT2D eigenvalue weighted by molar-refractivity contribution is 5.92. The van der Waals surface area contributed by atoms with E-state index in [1.165, 1.54) is 12.4 Å². The van der Waals surface area contributed by atoms with Gasteiger partial charge in [-0.25, -0.2) is 0 Å². The van der Waals surface area contributed by atoms with Gasteiger partial charge in [-0.05, 0) is 36.1 Å². The predicted molar refractivity (Wildman–Crippen MR) is 94.9 cm³/mol. The average molecular weight is 307 g/mol. The monoisotopic (exact) mass is 307 g/mol. The Kier molecular flexibility index (Phi) is 5.80. The molecule has 0 unspecified atom stereocenters. The van der Waals surface area contributed by atoms with E-state index in [2.05, 4.69) is 5.32 Å². The van der Waals surface area contributed by atoms with E-state index in [0.29, 0.717) is 12.8 Å². The molecule has 0 atom stereocenters. The van der Waals surface area contributed by atoms with Crippen molar-refractivity contribution in [2.75, 3.05) is 5.32 Å². The fourth-order valence-corrected chi connectivity index (χ4v) is 2.39. The second kappa shape index (κ2) is 8.03. The van der Waals surface area contributed by atoms with Gasteiger partial charge in [-0.3, -0.25) is 4.79 Å². The number of nitrogens with one attached hydrogen (secondary N) is 3. The Morgan fingerprint density at radius 3 is 2.43 bits per heavy atom. The smallest absolute Gasteiger partial charge is 0.224 e. The largest absolute Gasteiger partial charge is 0.326 e. The Morgan fingerprint density at radius 1 is 1.13 bits per heavy atom. The van der Waals surface area contributed by atoms with Gasteiger partial charge in [-0.2, -0.15) is 0 Å². The van der Waals surface area contributed by atoms with Crippen molar-refractivity contribution in [2.24, 2.45) is 0 Å². The van der Waals surface area contributed by atoms with Gasteiger partial charge in [-0.1, -0.05) is 42.5 Å². The van der Waals surface area contributed by atoms with E-state index in [0.717, 1.165) is 22.4 Å².